The topological polar surface area (TPSA) is 24.6 Å². The monoisotopic (exact) mass is 1530 g/mol. The first-order valence-corrected chi connectivity index (χ1v) is 42.1. The molecule has 4 unspecified atom stereocenters. The molecule has 117 heavy (non-hydrogen) atoms. The molecule has 0 saturated heterocycles. The van der Waals surface area contributed by atoms with Gasteiger partial charge in [0.25, 0.3) is 0 Å². The van der Waals surface area contributed by atoms with Crippen LogP contribution < -0.4 is 9.80 Å². The Balaban J connectivity index is 0.580. The van der Waals surface area contributed by atoms with Crippen molar-refractivity contribution in [3.63, 3.8) is 0 Å². The molecular weight excluding hydrogens is 1460 g/mol. The first-order valence-electron chi connectivity index (χ1n) is 40.4. The van der Waals surface area contributed by atoms with Crippen LogP contribution in [0.1, 0.15) is 35.4 Å². The summed E-state index contributed by atoms with van der Waals surface area (Å²) in [6.07, 6.45) is 16.9. The van der Waals surface area contributed by atoms with E-state index in [4.69, 9.17) is 4.42 Å². The Morgan fingerprint density at radius 1 is 0.368 bits per heavy atom. The van der Waals surface area contributed by atoms with Crippen LogP contribution in [0.3, 0.4) is 0 Å². The third-order valence-corrected chi connectivity index (χ3v) is 27.3. The molecule has 6 heteroatoms. The smallest absolute Gasteiger partial charge is 0.136 e. The van der Waals surface area contributed by atoms with Gasteiger partial charge in [-0.1, -0.05) is 291 Å². The highest BCUT2D eigenvalue weighted by Gasteiger charge is 2.44. The number of nitrogens with zero attached hydrogens (tertiary/aromatic N) is 3. The van der Waals surface area contributed by atoms with E-state index in [1.807, 2.05) is 29.2 Å². The number of anilines is 5. The molecule has 4 nitrogen and oxygen atoms in total. The molecule has 0 spiro atoms. The molecular formula is C111H75N3OS2. The van der Waals surface area contributed by atoms with Crippen molar-refractivity contribution in [2.75, 3.05) is 9.80 Å². The van der Waals surface area contributed by atoms with Crippen LogP contribution in [0.4, 0.5) is 28.4 Å². The number of allylic oxidation sites excluding steroid dienone is 5. The van der Waals surface area contributed by atoms with Gasteiger partial charge >= 0.3 is 0 Å². The number of hydrogen-bond acceptors (Lipinski definition) is 5. The Hall–Kier alpha value is -14.0. The van der Waals surface area contributed by atoms with Crippen molar-refractivity contribution in [3.8, 4) is 61.3 Å². The van der Waals surface area contributed by atoms with E-state index in [1.165, 1.54) is 124 Å². The summed E-state index contributed by atoms with van der Waals surface area (Å²) >= 11 is 3.87. The van der Waals surface area contributed by atoms with Gasteiger partial charge in [0.2, 0.25) is 0 Å². The summed E-state index contributed by atoms with van der Waals surface area (Å²) in [5, 5.41) is 12.5. The second kappa shape index (κ2) is 27.9. The van der Waals surface area contributed by atoms with Crippen LogP contribution >= 0.6 is 23.1 Å². The highest BCUT2D eigenvalue weighted by molar-refractivity contribution is 8.00. The number of thiophene rings is 1. The maximum atomic E-state index is 6.43. The molecule has 17 aromatic carbocycles. The van der Waals surface area contributed by atoms with E-state index in [9.17, 15) is 0 Å². The fraction of sp³-hybridized carbons (Fsp3) is 0.0450. The Kier molecular flexibility index (Phi) is 16.4. The average molecular weight is 1530 g/mol. The molecule has 0 fully saturated rings. The van der Waals surface area contributed by atoms with Crippen molar-refractivity contribution in [2.24, 2.45) is 0 Å². The number of rotatable bonds is 14. The van der Waals surface area contributed by atoms with Crippen LogP contribution in [0.15, 0.2) is 428 Å². The number of aromatic nitrogens is 1. The first kappa shape index (κ1) is 68.6. The Labute approximate surface area is 687 Å². The Morgan fingerprint density at radius 3 is 1.74 bits per heavy atom. The summed E-state index contributed by atoms with van der Waals surface area (Å²) in [5.41, 5.74) is 27.2. The number of thioether (sulfide) groups is 1. The molecule has 0 radical (unpaired) electrons. The van der Waals surface area contributed by atoms with Crippen molar-refractivity contribution in [1.82, 2.24) is 4.57 Å². The lowest BCUT2D eigenvalue weighted by atomic mass is 9.72. The summed E-state index contributed by atoms with van der Waals surface area (Å²) in [6, 6.07) is 139. The normalized spacial score (nSPS) is 16.3. The van der Waals surface area contributed by atoms with E-state index in [1.54, 1.807) is 0 Å². The van der Waals surface area contributed by atoms with Gasteiger partial charge in [0.1, 0.15) is 11.2 Å². The van der Waals surface area contributed by atoms with E-state index >= 15 is 0 Å². The second-order valence-electron chi connectivity index (χ2n) is 31.4. The van der Waals surface area contributed by atoms with Crippen molar-refractivity contribution >= 4 is 143 Å². The first-order chi connectivity index (χ1) is 57.9. The van der Waals surface area contributed by atoms with Crippen LogP contribution in [-0.2, 0) is 0 Å². The molecule has 2 aliphatic carbocycles. The molecule has 0 bridgehead atoms. The fourth-order valence-electron chi connectivity index (χ4n) is 19.4. The highest BCUT2D eigenvalue weighted by Crippen LogP contribution is 2.57. The zero-order chi connectivity index (χ0) is 77.2. The Bertz CT molecular complexity index is 7480. The van der Waals surface area contributed by atoms with Crippen molar-refractivity contribution in [2.45, 2.75) is 34.4 Å². The van der Waals surface area contributed by atoms with E-state index in [-0.39, 0.29) is 17.1 Å². The Morgan fingerprint density at radius 2 is 0.940 bits per heavy atom. The van der Waals surface area contributed by atoms with Gasteiger partial charge in [-0.15, -0.1) is 23.1 Å². The molecule has 1 aliphatic heterocycles. The van der Waals surface area contributed by atoms with E-state index in [0.29, 0.717) is 0 Å². The largest absolute Gasteiger partial charge is 0.456 e. The number of benzene rings is 17. The maximum absolute atomic E-state index is 6.43. The average Bonchev–Trinajstić information content (AvgIpc) is 1.70. The van der Waals surface area contributed by atoms with Gasteiger partial charge in [-0.3, -0.25) is 0 Å². The minimum atomic E-state index is -0.568. The summed E-state index contributed by atoms with van der Waals surface area (Å²) in [7, 11) is 0. The minimum absolute atomic E-state index is 0.0349. The number of para-hydroxylation sites is 4. The van der Waals surface area contributed by atoms with Gasteiger partial charge < -0.3 is 18.8 Å². The van der Waals surface area contributed by atoms with Crippen molar-refractivity contribution < 1.29 is 4.42 Å². The molecule has 4 heterocycles. The van der Waals surface area contributed by atoms with Gasteiger partial charge in [0, 0.05) is 97.7 Å². The van der Waals surface area contributed by atoms with Crippen LogP contribution in [0, 0.1) is 0 Å². The summed E-state index contributed by atoms with van der Waals surface area (Å²) in [5.74, 6) is 0.110. The van der Waals surface area contributed by atoms with Gasteiger partial charge in [-0.25, -0.2) is 0 Å². The second-order valence-corrected chi connectivity index (χ2v) is 33.8. The molecule has 0 saturated carbocycles. The zero-order valence-electron chi connectivity index (χ0n) is 64.1. The highest BCUT2D eigenvalue weighted by atomic mass is 32.2. The SMILES string of the molecule is CC1(N(c2ccc(-c3ccc4c(c3)oc3ccccc34)cc2)c2cccc(-c3cccc4ccccc34)c2)C=CC=CC1c1cccc2c1C1C=C(c3ccc4cccc(-c5cccc(-c6ccc(N(c7ccc(-n8c9ccccc9c9ccccc98)cc7)c7ccccc7-c7cccc8sc9ccccc9c78)cc6)c5)c4c3)C=CC1S2. The lowest BCUT2D eigenvalue weighted by molar-refractivity contribution is 0.501. The van der Waals surface area contributed by atoms with Gasteiger partial charge in [0.05, 0.1) is 22.3 Å². The minimum Gasteiger partial charge on any atom is -0.456 e. The van der Waals surface area contributed by atoms with E-state index in [0.717, 1.165) is 78.3 Å². The van der Waals surface area contributed by atoms with Crippen LogP contribution in [-0.4, -0.2) is 15.4 Å². The molecule has 23 rings (SSSR count). The maximum Gasteiger partial charge on any atom is 0.136 e. The summed E-state index contributed by atoms with van der Waals surface area (Å²) in [6.45, 7) is 2.45. The molecule has 4 atom stereocenters. The third kappa shape index (κ3) is 11.6. The standard InChI is InChI=1S/C111H75N3OS2/c1-111(114(85-28-17-27-80(67-85)87-35-18-23-73-22-2-3-29-86(73)87)84-57-51-72(52-58-84)78-53-63-93-92-33-7-12-43-103(92)115-104(93)70-78)65-15-14-39-99(111)95-38-21-46-108-110(95)98-69-77(54-64-106(98)117-108)76-48-47-74-24-19-36-88(97(74)68-76)79-26-16-25-75(66-79)71-49-55-81(56-50-71)112(82-59-61-83(62-60-82)113-101-41-10-4-30-89(101)90-31-5-11-42-102(90)113)100-40-9-6-32-91(100)94-37-20-45-107-109(94)96-34-8-13-44-105(96)116-107/h2-70,98-99,106H,1H3. The lowest BCUT2D eigenvalue weighted by Gasteiger charge is -2.47. The molecule has 20 aromatic rings. The van der Waals surface area contributed by atoms with E-state index in [2.05, 4.69) is 434 Å². The fourth-order valence-corrected chi connectivity index (χ4v) is 21.8. The van der Waals surface area contributed by atoms with Crippen molar-refractivity contribution in [3.05, 3.63) is 435 Å². The van der Waals surface area contributed by atoms with Gasteiger partial charge in [-0.2, -0.15) is 0 Å². The lowest BCUT2D eigenvalue weighted by Crippen LogP contribution is -2.47. The zero-order valence-corrected chi connectivity index (χ0v) is 65.8. The summed E-state index contributed by atoms with van der Waals surface area (Å²) in [4.78, 5) is 6.40. The molecule has 3 aliphatic rings. The predicted molar refractivity (Wildman–Crippen MR) is 498 cm³/mol. The quantitative estimate of drug-likeness (QED) is 0.108. The summed E-state index contributed by atoms with van der Waals surface area (Å²) < 4.78 is 11.4. The van der Waals surface area contributed by atoms with Crippen LogP contribution in [0.5, 0.6) is 0 Å². The molecule has 0 N–H and O–H groups in total. The molecule has 3 aromatic heterocycles. The molecule has 552 valence electrons. The van der Waals surface area contributed by atoms with Gasteiger partial charge in [0.15, 0.2) is 0 Å². The van der Waals surface area contributed by atoms with Gasteiger partial charge in [-0.05, 0) is 228 Å². The number of furan rings is 1. The van der Waals surface area contributed by atoms with Crippen LogP contribution in [0.25, 0.3) is 152 Å². The van der Waals surface area contributed by atoms with Crippen molar-refractivity contribution in [1.29, 1.82) is 0 Å². The van der Waals surface area contributed by atoms with E-state index < -0.39 is 5.54 Å². The van der Waals surface area contributed by atoms with Crippen LogP contribution in [0.2, 0.25) is 0 Å². The predicted octanol–water partition coefficient (Wildman–Crippen LogP) is 31.2. The number of fused-ring (bicyclic) bond motifs is 14. The third-order valence-electron chi connectivity index (χ3n) is 24.8. The molecule has 0 amide bonds. The number of hydrogen-bond donors (Lipinski definition) is 0.